The monoisotopic (exact) mass is 140 g/mol. The summed E-state index contributed by atoms with van der Waals surface area (Å²) in [6.45, 7) is 2.11. The maximum atomic E-state index is 10.3. The van der Waals surface area contributed by atoms with E-state index in [1.165, 1.54) is 6.42 Å². The average Bonchev–Trinajstić information content (AvgIpc) is 2.46. The van der Waals surface area contributed by atoms with Gasteiger partial charge in [-0.3, -0.25) is 0 Å². The van der Waals surface area contributed by atoms with Gasteiger partial charge in [0.1, 0.15) is 6.04 Å². The van der Waals surface area contributed by atoms with Crippen molar-refractivity contribution in [3.8, 4) is 0 Å². The fourth-order valence-corrected chi connectivity index (χ4v) is 2.26. The Hall–Kier alpha value is -0.440. The van der Waals surface area contributed by atoms with Crippen LogP contribution in [0.1, 0.15) is 19.8 Å². The van der Waals surface area contributed by atoms with Crippen molar-refractivity contribution >= 4 is 0 Å². The Kier molecular flexibility index (Phi) is 1.27. The molecule has 2 heterocycles. The van der Waals surface area contributed by atoms with E-state index in [1.807, 2.05) is 0 Å². The van der Waals surface area contributed by atoms with E-state index in [0.29, 0.717) is 18.0 Å². The zero-order chi connectivity index (χ0) is 7.14. The summed E-state index contributed by atoms with van der Waals surface area (Å²) in [6.07, 6.45) is 2.38. The number of hydrogen-bond acceptors (Lipinski definition) is 3. The second-order valence-electron chi connectivity index (χ2n) is 3.41. The molecule has 0 radical (unpaired) electrons. The van der Waals surface area contributed by atoms with Crippen molar-refractivity contribution < 1.29 is 0 Å². The smallest absolute Gasteiger partial charge is 0.111 e. The molecular formula is C7H12N2O. The van der Waals surface area contributed by atoms with Gasteiger partial charge < -0.3 is 5.32 Å². The van der Waals surface area contributed by atoms with Gasteiger partial charge in [0.05, 0.1) is 0 Å². The molecule has 56 valence electrons. The lowest BCUT2D eigenvalue weighted by Crippen LogP contribution is -2.28. The van der Waals surface area contributed by atoms with Crippen LogP contribution in [0.15, 0.2) is 5.18 Å². The zero-order valence-electron chi connectivity index (χ0n) is 6.08. The number of nitrogens with zero attached hydrogens (tertiary/aromatic N) is 1. The van der Waals surface area contributed by atoms with Crippen LogP contribution in [0.4, 0.5) is 0 Å². The molecule has 3 heteroatoms. The zero-order valence-corrected chi connectivity index (χ0v) is 6.08. The van der Waals surface area contributed by atoms with Crippen LogP contribution in [0.25, 0.3) is 0 Å². The van der Waals surface area contributed by atoms with Gasteiger partial charge in [-0.25, -0.2) is 0 Å². The summed E-state index contributed by atoms with van der Waals surface area (Å²) in [5, 5.41) is 6.52. The van der Waals surface area contributed by atoms with E-state index < -0.39 is 0 Å². The predicted molar refractivity (Wildman–Crippen MR) is 38.7 cm³/mol. The minimum atomic E-state index is 0.0544. The summed E-state index contributed by atoms with van der Waals surface area (Å²) >= 11 is 0. The van der Waals surface area contributed by atoms with Crippen molar-refractivity contribution in [1.82, 2.24) is 5.32 Å². The molecule has 2 fully saturated rings. The number of nitrogens with one attached hydrogen (secondary N) is 1. The molecular weight excluding hydrogens is 128 g/mol. The van der Waals surface area contributed by atoms with Crippen molar-refractivity contribution in [2.45, 2.75) is 37.9 Å². The van der Waals surface area contributed by atoms with Gasteiger partial charge in [-0.1, -0.05) is 12.1 Å². The summed E-state index contributed by atoms with van der Waals surface area (Å²) in [7, 11) is 0. The predicted octanol–water partition coefficient (Wildman–Crippen LogP) is 0.892. The molecule has 2 saturated heterocycles. The lowest BCUT2D eigenvalue weighted by molar-refractivity contribution is 0.385. The fraction of sp³-hybridized carbons (Fsp3) is 1.00. The maximum absolute atomic E-state index is 10.3. The Bertz CT molecular complexity index is 158. The molecule has 2 rings (SSSR count). The molecule has 0 spiro atoms. The largest absolute Gasteiger partial charge is 0.309 e. The Morgan fingerprint density at radius 1 is 1.40 bits per heavy atom. The molecule has 0 amide bonds. The molecule has 10 heavy (non-hydrogen) atoms. The van der Waals surface area contributed by atoms with Crippen LogP contribution < -0.4 is 5.32 Å². The summed E-state index contributed by atoms with van der Waals surface area (Å²) in [5.41, 5.74) is 0. The minimum absolute atomic E-state index is 0.0544. The first-order valence-electron chi connectivity index (χ1n) is 3.91. The van der Waals surface area contributed by atoms with Crippen LogP contribution in [0.2, 0.25) is 0 Å². The number of fused-ring (bicyclic) bond motifs is 2. The normalized spacial score (nSPS) is 51.7. The second kappa shape index (κ2) is 2.02. The van der Waals surface area contributed by atoms with E-state index in [0.717, 1.165) is 6.42 Å². The van der Waals surface area contributed by atoms with Crippen LogP contribution in [0, 0.1) is 10.8 Å². The molecule has 2 bridgehead atoms. The first-order chi connectivity index (χ1) is 4.83. The van der Waals surface area contributed by atoms with Gasteiger partial charge in [0.2, 0.25) is 0 Å². The van der Waals surface area contributed by atoms with Crippen molar-refractivity contribution in [2.24, 2.45) is 11.1 Å². The van der Waals surface area contributed by atoms with Crippen molar-refractivity contribution in [3.05, 3.63) is 4.91 Å². The van der Waals surface area contributed by atoms with Crippen LogP contribution in [0.5, 0.6) is 0 Å². The molecule has 0 aliphatic carbocycles. The molecule has 3 nitrogen and oxygen atoms in total. The van der Waals surface area contributed by atoms with Crippen LogP contribution in [-0.2, 0) is 0 Å². The third kappa shape index (κ3) is 0.639. The lowest BCUT2D eigenvalue weighted by atomic mass is 9.87. The van der Waals surface area contributed by atoms with E-state index in [9.17, 15) is 4.91 Å². The number of hydrogen-bond donors (Lipinski definition) is 1. The highest BCUT2D eigenvalue weighted by molar-refractivity contribution is 5.05. The highest BCUT2D eigenvalue weighted by atomic mass is 16.3. The van der Waals surface area contributed by atoms with Gasteiger partial charge >= 0.3 is 0 Å². The van der Waals surface area contributed by atoms with Gasteiger partial charge in [0, 0.05) is 12.1 Å². The summed E-state index contributed by atoms with van der Waals surface area (Å²) in [6, 6.07) is 1.03. The van der Waals surface area contributed by atoms with Gasteiger partial charge in [-0.2, -0.15) is 4.91 Å². The Labute approximate surface area is 60.2 Å². The first kappa shape index (κ1) is 6.28. The van der Waals surface area contributed by atoms with Crippen LogP contribution in [0.3, 0.4) is 0 Å². The van der Waals surface area contributed by atoms with E-state index in [2.05, 4.69) is 17.4 Å². The van der Waals surface area contributed by atoms with Gasteiger partial charge in [0.25, 0.3) is 0 Å². The van der Waals surface area contributed by atoms with Crippen LogP contribution in [-0.4, -0.2) is 18.1 Å². The summed E-state index contributed by atoms with van der Waals surface area (Å²) < 4.78 is 0. The summed E-state index contributed by atoms with van der Waals surface area (Å²) in [5.74, 6) is 0.469. The second-order valence-corrected chi connectivity index (χ2v) is 3.41. The fourth-order valence-electron chi connectivity index (χ4n) is 2.26. The summed E-state index contributed by atoms with van der Waals surface area (Å²) in [4.78, 5) is 10.3. The molecule has 1 N–H and O–H groups in total. The molecule has 4 unspecified atom stereocenters. The SMILES string of the molecule is CC1C2CCC(N2)C1N=O. The standard InChI is InChI=1S/C7H12N2O/c1-4-5-2-3-6(8-5)7(4)9-10/h4-8H,2-3H2,1H3. The van der Waals surface area contributed by atoms with E-state index >= 15 is 0 Å². The van der Waals surface area contributed by atoms with Crippen molar-refractivity contribution in [2.75, 3.05) is 0 Å². The third-order valence-electron chi connectivity index (χ3n) is 2.92. The molecule has 0 aromatic rings. The van der Waals surface area contributed by atoms with Gasteiger partial charge in [-0.05, 0) is 18.8 Å². The van der Waals surface area contributed by atoms with E-state index in [4.69, 9.17) is 0 Å². The van der Waals surface area contributed by atoms with E-state index in [-0.39, 0.29) is 6.04 Å². The first-order valence-corrected chi connectivity index (χ1v) is 3.91. The minimum Gasteiger partial charge on any atom is -0.309 e. The molecule has 4 atom stereocenters. The van der Waals surface area contributed by atoms with Crippen LogP contribution >= 0.6 is 0 Å². The molecule has 2 aliphatic rings. The lowest BCUT2D eigenvalue weighted by Gasteiger charge is -2.19. The molecule has 0 saturated carbocycles. The highest BCUT2D eigenvalue weighted by Crippen LogP contribution is 2.34. The van der Waals surface area contributed by atoms with Gasteiger partial charge in [0.15, 0.2) is 0 Å². The molecule has 0 aromatic heterocycles. The molecule has 0 aromatic carbocycles. The highest BCUT2D eigenvalue weighted by Gasteiger charge is 2.45. The Balaban J connectivity index is 2.16. The van der Waals surface area contributed by atoms with Gasteiger partial charge in [-0.15, -0.1) is 0 Å². The Morgan fingerprint density at radius 3 is 2.50 bits per heavy atom. The third-order valence-corrected chi connectivity index (χ3v) is 2.92. The van der Waals surface area contributed by atoms with Crippen molar-refractivity contribution in [1.29, 1.82) is 0 Å². The number of nitroso groups, excluding NO2 is 1. The van der Waals surface area contributed by atoms with E-state index in [1.54, 1.807) is 0 Å². The quantitative estimate of drug-likeness (QED) is 0.549. The number of rotatable bonds is 1. The Morgan fingerprint density at radius 2 is 2.10 bits per heavy atom. The topological polar surface area (TPSA) is 41.5 Å². The average molecular weight is 140 g/mol. The molecule has 2 aliphatic heterocycles. The maximum Gasteiger partial charge on any atom is 0.111 e. The van der Waals surface area contributed by atoms with Crippen molar-refractivity contribution in [3.63, 3.8) is 0 Å².